The molecule has 0 aliphatic carbocycles. The number of H-pyrrole nitrogens is 1. The fraction of sp³-hybridized carbons (Fsp3) is 0.217. The van der Waals surface area contributed by atoms with E-state index in [9.17, 15) is 9.59 Å². The number of rotatable bonds is 5. The molecule has 0 aliphatic heterocycles. The Balaban J connectivity index is 2.04. The Morgan fingerprint density at radius 1 is 1.35 bits per heavy atom. The van der Waals surface area contributed by atoms with Gasteiger partial charge in [0.15, 0.2) is 0 Å². The van der Waals surface area contributed by atoms with Crippen molar-refractivity contribution in [2.75, 3.05) is 13.7 Å². The van der Waals surface area contributed by atoms with Crippen molar-refractivity contribution in [2.24, 2.45) is 0 Å². The van der Waals surface area contributed by atoms with Crippen LogP contribution in [0.5, 0.6) is 5.75 Å². The zero-order chi connectivity index (χ0) is 22.3. The summed E-state index contributed by atoms with van der Waals surface area (Å²) < 4.78 is 22.0. The molecule has 4 rings (SSSR count). The molecule has 0 aliphatic rings. The van der Waals surface area contributed by atoms with Gasteiger partial charge in [-0.25, -0.2) is 9.18 Å². The number of aryl methyl sites for hydroxylation is 1. The number of hydrogen-bond acceptors (Lipinski definition) is 4. The number of methoxy groups -OCH3 is 1. The highest BCUT2D eigenvalue weighted by Gasteiger charge is 2.23. The van der Waals surface area contributed by atoms with E-state index in [0.717, 1.165) is 16.3 Å². The molecule has 0 radical (unpaired) electrons. The lowest BCUT2D eigenvalue weighted by Gasteiger charge is -2.19. The minimum Gasteiger partial charge on any atom is -0.496 e. The van der Waals surface area contributed by atoms with Gasteiger partial charge in [-0.3, -0.25) is 4.79 Å². The molecule has 1 atom stereocenters. The first-order valence-corrected chi connectivity index (χ1v) is 10.6. The average Bonchev–Trinajstić information content (AvgIpc) is 3.23. The number of ether oxygens (including phenoxy) is 1. The summed E-state index contributed by atoms with van der Waals surface area (Å²) in [6, 6.07) is 8.71. The molecule has 0 saturated heterocycles. The third kappa shape index (κ3) is 3.53. The lowest BCUT2D eigenvalue weighted by atomic mass is 9.91. The van der Waals surface area contributed by atoms with Crippen LogP contribution >= 0.6 is 11.3 Å². The Morgan fingerprint density at radius 2 is 2.13 bits per heavy atom. The maximum atomic E-state index is 15.8. The van der Waals surface area contributed by atoms with Gasteiger partial charge in [0.05, 0.1) is 12.6 Å². The molecule has 1 unspecified atom stereocenters. The molecule has 8 heteroatoms. The lowest BCUT2D eigenvalue weighted by molar-refractivity contribution is 0.194. The first-order valence-electron chi connectivity index (χ1n) is 9.69. The fourth-order valence-electron chi connectivity index (χ4n) is 3.97. The Bertz CT molecular complexity index is 1380. The van der Waals surface area contributed by atoms with Gasteiger partial charge in [0.25, 0.3) is 5.56 Å². The first kappa shape index (κ1) is 20.9. The first-order chi connectivity index (χ1) is 14.8. The Kier molecular flexibility index (Phi) is 5.41. The van der Waals surface area contributed by atoms with Crippen LogP contribution in [0.25, 0.3) is 32.1 Å². The number of carboxylic acid groups (broad SMARTS) is 1. The Labute approximate surface area is 181 Å². The number of amides is 1. The summed E-state index contributed by atoms with van der Waals surface area (Å²) in [5, 5.41) is 14.5. The molecule has 0 saturated carbocycles. The van der Waals surface area contributed by atoms with Gasteiger partial charge in [0.1, 0.15) is 16.3 Å². The van der Waals surface area contributed by atoms with E-state index in [4.69, 9.17) is 9.84 Å². The van der Waals surface area contributed by atoms with E-state index in [-0.39, 0.29) is 18.0 Å². The van der Waals surface area contributed by atoms with Crippen LogP contribution in [0.2, 0.25) is 0 Å². The number of pyridine rings is 1. The van der Waals surface area contributed by atoms with Crippen LogP contribution in [0.15, 0.2) is 40.5 Å². The smallest absolute Gasteiger partial charge is 0.404 e. The van der Waals surface area contributed by atoms with Gasteiger partial charge < -0.3 is 20.1 Å². The highest BCUT2D eigenvalue weighted by molar-refractivity contribution is 7.17. The quantitative estimate of drug-likeness (QED) is 0.396. The molecule has 1 amide bonds. The molecule has 2 aromatic heterocycles. The number of carbonyl (C=O) groups is 1. The molecule has 0 spiro atoms. The predicted octanol–water partition coefficient (Wildman–Crippen LogP) is 5.24. The van der Waals surface area contributed by atoms with Crippen LogP contribution in [-0.2, 0) is 0 Å². The maximum absolute atomic E-state index is 15.8. The summed E-state index contributed by atoms with van der Waals surface area (Å²) in [4.78, 5) is 26.3. The molecule has 6 nitrogen and oxygen atoms in total. The second-order valence-corrected chi connectivity index (χ2v) is 8.35. The maximum Gasteiger partial charge on any atom is 0.404 e. The highest BCUT2D eigenvalue weighted by Crippen LogP contribution is 2.43. The van der Waals surface area contributed by atoms with Gasteiger partial charge in [-0.15, -0.1) is 11.3 Å². The summed E-state index contributed by atoms with van der Waals surface area (Å²) in [6.45, 7) is 3.72. The third-order valence-corrected chi connectivity index (χ3v) is 6.39. The molecular formula is C23H21FN2O4S. The summed E-state index contributed by atoms with van der Waals surface area (Å²) in [7, 11) is 1.53. The van der Waals surface area contributed by atoms with E-state index in [1.165, 1.54) is 18.4 Å². The van der Waals surface area contributed by atoms with Crippen molar-refractivity contribution < 1.29 is 19.0 Å². The van der Waals surface area contributed by atoms with Crippen LogP contribution in [0.4, 0.5) is 9.18 Å². The molecule has 3 N–H and O–H groups in total. The van der Waals surface area contributed by atoms with Crippen LogP contribution in [-0.4, -0.2) is 29.8 Å². The standard InChI is InChI=1S/C23H21FN2O4S/c1-11-9-16(30-3)17(18-15-7-8-31-21(15)22(27)26-20(11)18)14-6-4-5-13(19(14)24)12(2)10-25-23(28)29/h4-9,12,25H,10H2,1-3H3,(H,26,27)(H,28,29). The summed E-state index contributed by atoms with van der Waals surface area (Å²) >= 11 is 1.33. The van der Waals surface area contributed by atoms with E-state index in [0.29, 0.717) is 32.7 Å². The van der Waals surface area contributed by atoms with E-state index in [1.54, 1.807) is 31.2 Å². The number of benzene rings is 2. The lowest BCUT2D eigenvalue weighted by Crippen LogP contribution is -2.25. The van der Waals surface area contributed by atoms with Crippen molar-refractivity contribution in [3.63, 3.8) is 0 Å². The van der Waals surface area contributed by atoms with Crippen LogP contribution < -0.4 is 15.6 Å². The molecule has 0 fully saturated rings. The fourth-order valence-corrected chi connectivity index (χ4v) is 4.77. The molecule has 31 heavy (non-hydrogen) atoms. The van der Waals surface area contributed by atoms with Crippen molar-refractivity contribution >= 4 is 38.4 Å². The SMILES string of the molecule is COc1cc(C)c2[nH]c(=O)c3sccc3c2c1-c1cccc(C(C)CNC(=O)O)c1F. The van der Waals surface area contributed by atoms with Gasteiger partial charge in [0.2, 0.25) is 0 Å². The van der Waals surface area contributed by atoms with Crippen molar-refractivity contribution in [3.05, 3.63) is 63.0 Å². The van der Waals surface area contributed by atoms with Crippen LogP contribution in [0.3, 0.4) is 0 Å². The van der Waals surface area contributed by atoms with E-state index >= 15 is 4.39 Å². The zero-order valence-corrected chi connectivity index (χ0v) is 18.0. The molecule has 4 aromatic rings. The Morgan fingerprint density at radius 3 is 2.84 bits per heavy atom. The Hall–Kier alpha value is -3.39. The highest BCUT2D eigenvalue weighted by atomic mass is 32.1. The molecule has 2 heterocycles. The molecule has 2 aromatic carbocycles. The minimum atomic E-state index is -1.15. The number of nitrogens with one attached hydrogen (secondary N) is 2. The summed E-state index contributed by atoms with van der Waals surface area (Å²) in [6.07, 6.45) is -1.15. The van der Waals surface area contributed by atoms with Gasteiger partial charge in [-0.2, -0.15) is 0 Å². The molecule has 160 valence electrons. The number of hydrogen-bond donors (Lipinski definition) is 3. The van der Waals surface area contributed by atoms with Gasteiger partial charge in [-0.05, 0) is 35.6 Å². The predicted molar refractivity (Wildman–Crippen MR) is 121 cm³/mol. The van der Waals surface area contributed by atoms with Crippen molar-refractivity contribution in [1.82, 2.24) is 10.3 Å². The number of halogens is 1. The topological polar surface area (TPSA) is 91.4 Å². The van der Waals surface area contributed by atoms with Crippen molar-refractivity contribution in [3.8, 4) is 16.9 Å². The molecule has 0 bridgehead atoms. The van der Waals surface area contributed by atoms with Crippen LogP contribution in [0, 0.1) is 12.7 Å². The van der Waals surface area contributed by atoms with E-state index in [2.05, 4.69) is 10.3 Å². The normalized spacial score (nSPS) is 12.3. The number of thiophene rings is 1. The third-order valence-electron chi connectivity index (χ3n) is 5.48. The number of aromatic nitrogens is 1. The minimum absolute atomic E-state index is 0.0869. The monoisotopic (exact) mass is 440 g/mol. The van der Waals surface area contributed by atoms with Gasteiger partial charge in [-0.1, -0.05) is 25.1 Å². The van der Waals surface area contributed by atoms with Crippen molar-refractivity contribution in [1.29, 1.82) is 0 Å². The largest absolute Gasteiger partial charge is 0.496 e. The van der Waals surface area contributed by atoms with Gasteiger partial charge in [0, 0.05) is 34.4 Å². The van der Waals surface area contributed by atoms with Crippen molar-refractivity contribution in [2.45, 2.75) is 19.8 Å². The van der Waals surface area contributed by atoms with Gasteiger partial charge >= 0.3 is 6.09 Å². The summed E-state index contributed by atoms with van der Waals surface area (Å²) in [5.41, 5.74) is 2.56. The average molecular weight is 440 g/mol. The molecular weight excluding hydrogens is 419 g/mol. The number of fused-ring (bicyclic) bond motifs is 3. The second kappa shape index (κ2) is 8.03. The number of aromatic amines is 1. The van der Waals surface area contributed by atoms with E-state index in [1.807, 2.05) is 18.4 Å². The summed E-state index contributed by atoms with van der Waals surface area (Å²) in [5.74, 6) is -0.322. The van der Waals surface area contributed by atoms with Crippen LogP contribution in [0.1, 0.15) is 24.0 Å². The zero-order valence-electron chi connectivity index (χ0n) is 17.2. The second-order valence-electron chi connectivity index (χ2n) is 7.43. The van der Waals surface area contributed by atoms with E-state index < -0.39 is 11.9 Å².